The van der Waals surface area contributed by atoms with Gasteiger partial charge in [0.15, 0.2) is 0 Å². The molecule has 1 aliphatic rings. The molecule has 1 unspecified atom stereocenters. The Morgan fingerprint density at radius 3 is 3.00 bits per heavy atom. The molecule has 0 radical (unpaired) electrons. The van der Waals surface area contributed by atoms with Gasteiger partial charge in [-0.3, -0.25) is 0 Å². The smallest absolute Gasteiger partial charge is 0.317 e. The van der Waals surface area contributed by atoms with Crippen LogP contribution in [0.3, 0.4) is 0 Å². The van der Waals surface area contributed by atoms with Gasteiger partial charge in [-0.05, 0) is 40.9 Å². The molecule has 0 spiro atoms. The first-order valence-electron chi connectivity index (χ1n) is 7.46. The number of rotatable bonds is 5. The molecule has 0 aliphatic carbocycles. The number of ether oxygens (including phenoxy) is 1. The number of pyridine rings is 1. The number of likely N-dealkylation sites (tertiary alicyclic amines) is 1. The molecule has 21 heavy (non-hydrogen) atoms. The van der Waals surface area contributed by atoms with Crippen molar-refractivity contribution in [2.45, 2.75) is 45.3 Å². The van der Waals surface area contributed by atoms with Gasteiger partial charge in [0.1, 0.15) is 6.10 Å². The van der Waals surface area contributed by atoms with Gasteiger partial charge in [0.25, 0.3) is 0 Å². The number of halogens is 1. The van der Waals surface area contributed by atoms with Gasteiger partial charge < -0.3 is 15.0 Å². The summed E-state index contributed by atoms with van der Waals surface area (Å²) in [7, 11) is 0. The average Bonchev–Trinajstić information content (AvgIpc) is 2.95. The Balaban J connectivity index is 1.86. The van der Waals surface area contributed by atoms with Gasteiger partial charge in [-0.25, -0.2) is 9.78 Å². The third-order valence-corrected chi connectivity index (χ3v) is 4.35. The van der Waals surface area contributed by atoms with Crippen molar-refractivity contribution >= 4 is 22.0 Å². The largest absolute Gasteiger partial charge is 0.472 e. The van der Waals surface area contributed by atoms with Crippen molar-refractivity contribution in [3.8, 4) is 5.88 Å². The van der Waals surface area contributed by atoms with Crippen LogP contribution in [0, 0.1) is 0 Å². The van der Waals surface area contributed by atoms with E-state index in [1.165, 1.54) is 0 Å². The van der Waals surface area contributed by atoms with E-state index in [4.69, 9.17) is 4.74 Å². The summed E-state index contributed by atoms with van der Waals surface area (Å²) in [5.41, 5.74) is 0. The standard InChI is InChI=1S/C15H22BrN3O2/c1-3-11(4-2)18-15(20)19-9-7-12(10-19)21-14-13(16)6-5-8-17-14/h5-6,8,11-12H,3-4,7,9-10H2,1-2H3,(H,18,20). The van der Waals surface area contributed by atoms with Crippen molar-refractivity contribution in [2.75, 3.05) is 13.1 Å². The Labute approximate surface area is 134 Å². The summed E-state index contributed by atoms with van der Waals surface area (Å²) < 4.78 is 6.70. The fraction of sp³-hybridized carbons (Fsp3) is 0.600. The van der Waals surface area contributed by atoms with E-state index in [9.17, 15) is 4.79 Å². The highest BCUT2D eigenvalue weighted by Crippen LogP contribution is 2.24. The minimum absolute atomic E-state index is 0.00338. The number of carbonyl (C=O) groups excluding carboxylic acids is 1. The highest BCUT2D eigenvalue weighted by molar-refractivity contribution is 9.10. The number of carbonyl (C=O) groups is 1. The number of amides is 2. The lowest BCUT2D eigenvalue weighted by atomic mass is 10.2. The molecule has 1 atom stereocenters. The molecule has 1 aromatic heterocycles. The summed E-state index contributed by atoms with van der Waals surface area (Å²) in [5.74, 6) is 0.588. The second-order valence-electron chi connectivity index (χ2n) is 5.23. The molecule has 2 amide bonds. The summed E-state index contributed by atoms with van der Waals surface area (Å²) >= 11 is 3.42. The van der Waals surface area contributed by atoms with Crippen LogP contribution in [0.4, 0.5) is 4.79 Å². The van der Waals surface area contributed by atoms with Gasteiger partial charge in [0.05, 0.1) is 11.0 Å². The highest BCUT2D eigenvalue weighted by Gasteiger charge is 2.28. The molecule has 2 heterocycles. The second-order valence-corrected chi connectivity index (χ2v) is 6.08. The van der Waals surface area contributed by atoms with E-state index in [-0.39, 0.29) is 18.2 Å². The zero-order valence-corrected chi connectivity index (χ0v) is 14.1. The lowest BCUT2D eigenvalue weighted by Gasteiger charge is -2.21. The molecular formula is C15H22BrN3O2. The quantitative estimate of drug-likeness (QED) is 0.882. The lowest BCUT2D eigenvalue weighted by Crippen LogP contribution is -2.44. The summed E-state index contributed by atoms with van der Waals surface area (Å²) in [6.07, 6.45) is 4.45. The normalized spacial score (nSPS) is 18.1. The van der Waals surface area contributed by atoms with Crippen LogP contribution in [0.5, 0.6) is 5.88 Å². The van der Waals surface area contributed by atoms with Crippen molar-refractivity contribution in [1.29, 1.82) is 0 Å². The molecule has 0 saturated carbocycles. The number of hydrogen-bond donors (Lipinski definition) is 1. The molecule has 6 heteroatoms. The van der Waals surface area contributed by atoms with E-state index in [2.05, 4.69) is 40.1 Å². The number of nitrogens with one attached hydrogen (secondary N) is 1. The first-order chi connectivity index (χ1) is 10.1. The molecule has 0 bridgehead atoms. The van der Waals surface area contributed by atoms with E-state index in [1.807, 2.05) is 17.0 Å². The minimum Gasteiger partial charge on any atom is -0.472 e. The summed E-state index contributed by atoms with van der Waals surface area (Å²) in [6, 6.07) is 4.01. The van der Waals surface area contributed by atoms with Crippen molar-refractivity contribution in [3.63, 3.8) is 0 Å². The van der Waals surface area contributed by atoms with Crippen molar-refractivity contribution < 1.29 is 9.53 Å². The first kappa shape index (κ1) is 16.1. The molecule has 1 aromatic rings. The summed E-state index contributed by atoms with van der Waals surface area (Å²) in [6.45, 7) is 5.50. The molecule has 1 fully saturated rings. The fourth-order valence-corrected chi connectivity index (χ4v) is 2.73. The maximum absolute atomic E-state index is 12.2. The molecule has 116 valence electrons. The van der Waals surface area contributed by atoms with E-state index in [0.29, 0.717) is 12.4 Å². The van der Waals surface area contributed by atoms with Gasteiger partial charge in [0.2, 0.25) is 5.88 Å². The molecular weight excluding hydrogens is 334 g/mol. The van der Waals surface area contributed by atoms with Crippen molar-refractivity contribution in [1.82, 2.24) is 15.2 Å². The monoisotopic (exact) mass is 355 g/mol. The van der Waals surface area contributed by atoms with E-state index in [1.54, 1.807) is 6.20 Å². The first-order valence-corrected chi connectivity index (χ1v) is 8.26. The zero-order chi connectivity index (χ0) is 15.2. The minimum atomic E-state index is 0.00338. The number of aromatic nitrogens is 1. The summed E-state index contributed by atoms with van der Waals surface area (Å²) in [4.78, 5) is 18.2. The Morgan fingerprint density at radius 2 is 2.33 bits per heavy atom. The zero-order valence-electron chi connectivity index (χ0n) is 12.5. The number of nitrogens with zero attached hydrogens (tertiary/aromatic N) is 2. The molecule has 5 nitrogen and oxygen atoms in total. The fourth-order valence-electron chi connectivity index (χ4n) is 2.38. The summed E-state index contributed by atoms with van der Waals surface area (Å²) in [5, 5.41) is 3.06. The van der Waals surface area contributed by atoms with E-state index < -0.39 is 0 Å². The van der Waals surface area contributed by atoms with Crippen molar-refractivity contribution in [3.05, 3.63) is 22.8 Å². The molecule has 1 saturated heterocycles. The highest BCUT2D eigenvalue weighted by atomic mass is 79.9. The number of hydrogen-bond acceptors (Lipinski definition) is 3. The Morgan fingerprint density at radius 1 is 1.57 bits per heavy atom. The molecule has 2 rings (SSSR count). The van der Waals surface area contributed by atoms with Crippen LogP contribution in [0.2, 0.25) is 0 Å². The van der Waals surface area contributed by atoms with Gasteiger partial charge in [-0.1, -0.05) is 13.8 Å². The topological polar surface area (TPSA) is 54.5 Å². The molecule has 1 aliphatic heterocycles. The lowest BCUT2D eigenvalue weighted by molar-refractivity contribution is 0.180. The number of urea groups is 1. The average molecular weight is 356 g/mol. The van der Waals surface area contributed by atoms with Crippen molar-refractivity contribution in [2.24, 2.45) is 0 Å². The predicted octanol–water partition coefficient (Wildman–Crippen LogP) is 3.20. The van der Waals surface area contributed by atoms with Gasteiger partial charge in [0, 0.05) is 25.2 Å². The Hall–Kier alpha value is -1.30. The van der Waals surface area contributed by atoms with Crippen LogP contribution in [0.1, 0.15) is 33.1 Å². The van der Waals surface area contributed by atoms with E-state index >= 15 is 0 Å². The third kappa shape index (κ3) is 4.33. The molecule has 0 aromatic carbocycles. The predicted molar refractivity (Wildman–Crippen MR) is 85.4 cm³/mol. The van der Waals surface area contributed by atoms with Crippen LogP contribution in [0.25, 0.3) is 0 Å². The Kier molecular flexibility index (Phi) is 5.85. The van der Waals surface area contributed by atoms with Gasteiger partial charge in [-0.15, -0.1) is 0 Å². The maximum Gasteiger partial charge on any atom is 0.317 e. The van der Waals surface area contributed by atoms with Gasteiger partial charge in [-0.2, -0.15) is 0 Å². The van der Waals surface area contributed by atoms with Crippen LogP contribution >= 0.6 is 15.9 Å². The van der Waals surface area contributed by atoms with Crippen LogP contribution in [-0.2, 0) is 0 Å². The molecule has 1 N–H and O–H groups in total. The Bertz CT molecular complexity index is 480. The van der Waals surface area contributed by atoms with Crippen LogP contribution < -0.4 is 10.1 Å². The van der Waals surface area contributed by atoms with Gasteiger partial charge >= 0.3 is 6.03 Å². The van der Waals surface area contributed by atoms with Crippen LogP contribution in [-0.4, -0.2) is 41.2 Å². The van der Waals surface area contributed by atoms with E-state index in [0.717, 1.165) is 30.3 Å². The SMILES string of the molecule is CCC(CC)NC(=O)N1CCC(Oc2ncccc2Br)C1. The maximum atomic E-state index is 12.2. The second kappa shape index (κ2) is 7.64. The van der Waals surface area contributed by atoms with Crippen LogP contribution in [0.15, 0.2) is 22.8 Å². The third-order valence-electron chi connectivity index (χ3n) is 3.75.